The van der Waals surface area contributed by atoms with Crippen LogP contribution in [0.5, 0.6) is 0 Å². The molecule has 1 aliphatic heterocycles. The first-order valence-electron chi connectivity index (χ1n) is 12.6. The molecule has 4 nitrogen and oxygen atoms in total. The van der Waals surface area contributed by atoms with Gasteiger partial charge in [-0.2, -0.15) is 0 Å². The summed E-state index contributed by atoms with van der Waals surface area (Å²) in [5.74, 6) is 0. The Hall–Kier alpha value is -2.93. The molecular weight excluding hydrogens is 480 g/mol. The Morgan fingerprint density at radius 1 is 0.541 bits per heavy atom. The smallest absolute Gasteiger partial charge is 0.137 e. The van der Waals surface area contributed by atoms with Crippen LogP contribution in [0.3, 0.4) is 0 Å². The highest BCUT2D eigenvalue weighted by molar-refractivity contribution is 7.99. The molecule has 0 saturated carbocycles. The molecule has 1 saturated heterocycles. The lowest BCUT2D eigenvalue weighted by atomic mass is 10.1. The van der Waals surface area contributed by atoms with Crippen LogP contribution in [-0.2, 0) is 38.8 Å². The van der Waals surface area contributed by atoms with Gasteiger partial charge in [0.1, 0.15) is 23.7 Å². The van der Waals surface area contributed by atoms with Crippen molar-refractivity contribution in [2.75, 3.05) is 6.61 Å². The van der Waals surface area contributed by atoms with Crippen molar-refractivity contribution >= 4 is 11.8 Å². The van der Waals surface area contributed by atoms with Gasteiger partial charge >= 0.3 is 0 Å². The van der Waals surface area contributed by atoms with Gasteiger partial charge in [-0.25, -0.2) is 0 Å². The maximum atomic E-state index is 6.59. The fraction of sp³-hybridized carbons (Fsp3) is 0.250. The molecule has 4 atom stereocenters. The third-order valence-corrected chi connectivity index (χ3v) is 7.38. The van der Waals surface area contributed by atoms with Gasteiger partial charge in [0.25, 0.3) is 0 Å². The van der Waals surface area contributed by atoms with Gasteiger partial charge in [0.05, 0.1) is 26.4 Å². The summed E-state index contributed by atoms with van der Waals surface area (Å²) in [6, 6.07) is 41.0. The van der Waals surface area contributed by atoms with Gasteiger partial charge < -0.3 is 18.9 Å². The summed E-state index contributed by atoms with van der Waals surface area (Å²) in [5, 5.41) is 0. The molecule has 0 aliphatic carbocycles. The Kier molecular flexibility index (Phi) is 9.43. The first-order chi connectivity index (χ1) is 18.3. The van der Waals surface area contributed by atoms with Crippen LogP contribution in [0.2, 0.25) is 0 Å². The third kappa shape index (κ3) is 7.54. The van der Waals surface area contributed by atoms with E-state index in [1.54, 1.807) is 11.8 Å². The molecule has 0 amide bonds. The van der Waals surface area contributed by atoms with Crippen LogP contribution >= 0.6 is 11.8 Å². The average molecular weight is 513 g/mol. The Morgan fingerprint density at radius 3 is 1.54 bits per heavy atom. The summed E-state index contributed by atoms with van der Waals surface area (Å²) in [5.41, 5.74) is 3.15. The number of thioether (sulfide) groups is 1. The Bertz CT molecular complexity index is 1170. The second-order valence-corrected chi connectivity index (χ2v) is 10.2. The molecular formula is C32H32O4S. The highest BCUT2D eigenvalue weighted by atomic mass is 32.2. The summed E-state index contributed by atoms with van der Waals surface area (Å²) in [6.45, 7) is 1.92. The number of hydrogen-bond donors (Lipinski definition) is 0. The monoisotopic (exact) mass is 512 g/mol. The van der Waals surface area contributed by atoms with E-state index >= 15 is 0 Å². The number of hydrogen-bond acceptors (Lipinski definition) is 5. The van der Waals surface area contributed by atoms with Crippen molar-refractivity contribution in [2.45, 2.75) is 48.5 Å². The number of ether oxygens (including phenoxy) is 4. The van der Waals surface area contributed by atoms with Crippen molar-refractivity contribution in [1.29, 1.82) is 0 Å². The molecule has 0 spiro atoms. The van der Waals surface area contributed by atoms with Crippen molar-refractivity contribution < 1.29 is 18.9 Å². The van der Waals surface area contributed by atoms with Crippen LogP contribution in [0.15, 0.2) is 126 Å². The SMILES string of the molecule is c1ccc(COC[C@@H]2O[C@@H](Sc3ccccc3)[C@H](OCc3ccccc3)[C@H]2OCc2ccccc2)cc1. The second-order valence-electron chi connectivity index (χ2n) is 9.00. The molecule has 5 rings (SSSR count). The lowest BCUT2D eigenvalue weighted by Gasteiger charge is -2.25. The molecule has 5 heteroatoms. The Labute approximate surface area is 223 Å². The maximum Gasteiger partial charge on any atom is 0.137 e. The summed E-state index contributed by atoms with van der Waals surface area (Å²) in [4.78, 5) is 1.13. The molecule has 1 aliphatic rings. The van der Waals surface area contributed by atoms with Crippen molar-refractivity contribution in [2.24, 2.45) is 0 Å². The van der Waals surface area contributed by atoms with Crippen molar-refractivity contribution in [1.82, 2.24) is 0 Å². The van der Waals surface area contributed by atoms with E-state index in [2.05, 4.69) is 48.5 Å². The Morgan fingerprint density at radius 2 is 1.00 bits per heavy atom. The fourth-order valence-electron chi connectivity index (χ4n) is 4.33. The standard InChI is InChI=1S/C32H32O4S/c1-5-13-25(14-6-1)21-33-24-29-30(34-22-26-15-7-2-8-16-26)31(35-23-27-17-9-3-10-18-27)32(36-29)37-28-19-11-4-12-20-28/h1-20,29-32H,21-24H2/t29-,30-,31+,32-/m0/s1. The zero-order chi connectivity index (χ0) is 25.1. The first-order valence-corrected chi connectivity index (χ1v) is 13.5. The molecule has 0 radical (unpaired) electrons. The van der Waals surface area contributed by atoms with Crippen LogP contribution in [0.25, 0.3) is 0 Å². The van der Waals surface area contributed by atoms with E-state index in [1.807, 2.05) is 72.8 Å². The van der Waals surface area contributed by atoms with E-state index in [1.165, 1.54) is 0 Å². The van der Waals surface area contributed by atoms with Gasteiger partial charge in [-0.1, -0.05) is 121 Å². The van der Waals surface area contributed by atoms with E-state index in [-0.39, 0.29) is 23.7 Å². The van der Waals surface area contributed by atoms with Crippen LogP contribution in [-0.4, -0.2) is 30.4 Å². The fourth-order valence-corrected chi connectivity index (χ4v) is 5.48. The average Bonchev–Trinajstić information content (AvgIpc) is 3.28. The summed E-state index contributed by atoms with van der Waals surface area (Å²) in [6.07, 6.45) is -0.797. The highest BCUT2D eigenvalue weighted by Gasteiger charge is 2.47. The van der Waals surface area contributed by atoms with Crippen LogP contribution in [0.1, 0.15) is 16.7 Å². The molecule has 37 heavy (non-hydrogen) atoms. The van der Waals surface area contributed by atoms with Gasteiger partial charge in [0.15, 0.2) is 0 Å². The summed E-state index contributed by atoms with van der Waals surface area (Å²) in [7, 11) is 0. The quantitative estimate of drug-likeness (QED) is 0.207. The molecule has 0 N–H and O–H groups in total. The minimum Gasteiger partial charge on any atom is -0.374 e. The lowest BCUT2D eigenvalue weighted by Crippen LogP contribution is -2.38. The largest absolute Gasteiger partial charge is 0.374 e. The molecule has 190 valence electrons. The molecule has 4 aromatic carbocycles. The number of benzene rings is 4. The molecule has 1 fully saturated rings. The third-order valence-electron chi connectivity index (χ3n) is 6.23. The van der Waals surface area contributed by atoms with Gasteiger partial charge in [0.2, 0.25) is 0 Å². The van der Waals surface area contributed by atoms with E-state index in [4.69, 9.17) is 18.9 Å². The predicted molar refractivity (Wildman–Crippen MR) is 147 cm³/mol. The van der Waals surface area contributed by atoms with Gasteiger partial charge in [-0.15, -0.1) is 0 Å². The minimum atomic E-state index is -0.277. The maximum absolute atomic E-state index is 6.59. The summed E-state index contributed by atoms with van der Waals surface area (Å²) < 4.78 is 25.8. The van der Waals surface area contributed by atoms with Gasteiger partial charge in [-0.3, -0.25) is 0 Å². The zero-order valence-corrected chi connectivity index (χ0v) is 21.5. The lowest BCUT2D eigenvalue weighted by molar-refractivity contribution is -0.0895. The van der Waals surface area contributed by atoms with Crippen LogP contribution in [0.4, 0.5) is 0 Å². The van der Waals surface area contributed by atoms with Gasteiger partial charge in [0, 0.05) is 4.90 Å². The van der Waals surface area contributed by atoms with Crippen LogP contribution in [0, 0.1) is 0 Å². The molecule has 0 aromatic heterocycles. The van der Waals surface area contributed by atoms with E-state index in [0.29, 0.717) is 26.4 Å². The van der Waals surface area contributed by atoms with Crippen molar-refractivity contribution in [3.8, 4) is 0 Å². The molecule has 0 bridgehead atoms. The molecule has 0 unspecified atom stereocenters. The highest BCUT2D eigenvalue weighted by Crippen LogP contribution is 2.38. The van der Waals surface area contributed by atoms with E-state index in [9.17, 15) is 0 Å². The van der Waals surface area contributed by atoms with E-state index in [0.717, 1.165) is 21.6 Å². The van der Waals surface area contributed by atoms with Crippen molar-refractivity contribution in [3.05, 3.63) is 138 Å². The molecule has 4 aromatic rings. The minimum absolute atomic E-state index is 0.225. The Balaban J connectivity index is 1.33. The van der Waals surface area contributed by atoms with Gasteiger partial charge in [-0.05, 0) is 28.8 Å². The predicted octanol–water partition coefficient (Wildman–Crippen LogP) is 6.89. The van der Waals surface area contributed by atoms with Crippen molar-refractivity contribution in [3.63, 3.8) is 0 Å². The van der Waals surface area contributed by atoms with E-state index < -0.39 is 0 Å². The number of rotatable bonds is 12. The first kappa shape index (κ1) is 25.7. The summed E-state index contributed by atoms with van der Waals surface area (Å²) >= 11 is 1.67. The topological polar surface area (TPSA) is 36.9 Å². The molecule has 1 heterocycles. The van der Waals surface area contributed by atoms with Crippen LogP contribution < -0.4 is 0 Å². The second kappa shape index (κ2) is 13.6. The normalized spacial score (nSPS) is 21.2. The zero-order valence-electron chi connectivity index (χ0n) is 20.7.